The number of benzene rings is 2. The van der Waals surface area contributed by atoms with Crippen LogP contribution in [0, 0.1) is 5.41 Å². The topological polar surface area (TPSA) is 105 Å². The van der Waals surface area contributed by atoms with Crippen LogP contribution < -0.4 is 5.32 Å². The fourth-order valence-electron chi connectivity index (χ4n) is 5.28. The number of nitrogens with one attached hydrogen (secondary N) is 1. The van der Waals surface area contributed by atoms with E-state index in [1.807, 2.05) is 43.3 Å². The number of carbonyl (C=O) groups excluding carboxylic acids is 2. The first-order valence-corrected chi connectivity index (χ1v) is 12.0. The van der Waals surface area contributed by atoms with Gasteiger partial charge in [0.15, 0.2) is 0 Å². The third kappa shape index (κ3) is 4.89. The molecule has 1 aliphatic heterocycles. The van der Waals surface area contributed by atoms with E-state index in [-0.39, 0.29) is 31.6 Å². The lowest BCUT2D eigenvalue weighted by molar-refractivity contribution is -0.155. The molecule has 0 spiro atoms. The molecule has 0 aromatic heterocycles. The van der Waals surface area contributed by atoms with Crippen molar-refractivity contribution in [3.05, 3.63) is 59.7 Å². The predicted molar refractivity (Wildman–Crippen MR) is 130 cm³/mol. The molecule has 2 aromatic rings. The molecule has 1 heterocycles. The van der Waals surface area contributed by atoms with Gasteiger partial charge in [-0.2, -0.15) is 0 Å². The Morgan fingerprint density at radius 2 is 1.74 bits per heavy atom. The Bertz CT molecular complexity index is 1060. The third-order valence-corrected chi connectivity index (χ3v) is 7.29. The van der Waals surface area contributed by atoms with Crippen LogP contribution in [0.15, 0.2) is 48.5 Å². The molecule has 35 heavy (non-hydrogen) atoms. The summed E-state index contributed by atoms with van der Waals surface area (Å²) in [4.78, 5) is 39.4. The Labute approximate surface area is 205 Å². The van der Waals surface area contributed by atoms with Gasteiger partial charge in [-0.3, -0.25) is 9.59 Å². The molecule has 2 aromatic carbocycles. The number of nitrogens with zero attached hydrogens (tertiary/aromatic N) is 1. The first kappa shape index (κ1) is 24.7. The normalized spacial score (nSPS) is 20.0. The molecule has 186 valence electrons. The van der Waals surface area contributed by atoms with Crippen LogP contribution in [0.4, 0.5) is 4.79 Å². The van der Waals surface area contributed by atoms with Crippen LogP contribution >= 0.6 is 0 Å². The highest BCUT2D eigenvalue weighted by Gasteiger charge is 2.43. The number of fused-ring (bicyclic) bond motifs is 3. The number of ether oxygens (including phenoxy) is 2. The lowest BCUT2D eigenvalue weighted by Gasteiger charge is -2.40. The molecule has 1 saturated heterocycles. The molecule has 8 nitrogen and oxygen atoms in total. The SMILES string of the molecule is CCC1(C(=O)O)CCCN(C(=O)[C@H](COC)NC(=O)OCC2c3ccccc3-c3ccccc32)C1. The number of aliphatic carboxylic acids is 1. The molecule has 4 rings (SSSR count). The number of carbonyl (C=O) groups is 3. The average molecular weight is 481 g/mol. The van der Waals surface area contributed by atoms with E-state index in [4.69, 9.17) is 9.47 Å². The van der Waals surface area contributed by atoms with E-state index in [1.54, 1.807) is 0 Å². The highest BCUT2D eigenvalue weighted by molar-refractivity contribution is 5.87. The van der Waals surface area contributed by atoms with Gasteiger partial charge < -0.3 is 24.8 Å². The minimum absolute atomic E-state index is 0.0360. The molecule has 1 fully saturated rings. The Hall–Kier alpha value is -3.39. The zero-order valence-corrected chi connectivity index (χ0v) is 20.2. The monoisotopic (exact) mass is 480 g/mol. The summed E-state index contributed by atoms with van der Waals surface area (Å²) in [5.41, 5.74) is 3.50. The van der Waals surface area contributed by atoms with Crippen molar-refractivity contribution in [2.45, 2.75) is 38.1 Å². The minimum atomic E-state index is -0.963. The van der Waals surface area contributed by atoms with Crippen molar-refractivity contribution >= 4 is 18.0 Å². The predicted octanol–water partition coefficient (Wildman–Crippen LogP) is 3.64. The molecule has 0 bridgehead atoms. The Balaban J connectivity index is 1.42. The van der Waals surface area contributed by atoms with Gasteiger partial charge in [-0.25, -0.2) is 4.79 Å². The number of likely N-dealkylation sites (tertiary alicyclic amines) is 1. The minimum Gasteiger partial charge on any atom is -0.481 e. The standard InChI is InChI=1S/C27H32N2O6/c1-3-27(25(31)32)13-8-14-29(17-27)24(30)23(16-34-2)28-26(33)35-15-22-20-11-6-4-9-18(20)19-10-5-7-12-21(19)22/h4-7,9-12,22-23H,3,8,13-17H2,1-2H3,(H,28,33)(H,31,32)/t23-,27?/m0/s1. The van der Waals surface area contributed by atoms with Crippen LogP contribution in [-0.2, 0) is 19.1 Å². The maximum atomic E-state index is 13.2. The highest BCUT2D eigenvalue weighted by atomic mass is 16.5. The summed E-state index contributed by atoms with van der Waals surface area (Å²) in [5, 5.41) is 12.4. The fraction of sp³-hybridized carbons (Fsp3) is 0.444. The van der Waals surface area contributed by atoms with Gasteiger partial charge >= 0.3 is 12.1 Å². The van der Waals surface area contributed by atoms with Crippen LogP contribution in [0.2, 0.25) is 0 Å². The quantitative estimate of drug-likeness (QED) is 0.598. The molecule has 2 aliphatic rings. The van der Waals surface area contributed by atoms with E-state index in [0.29, 0.717) is 25.8 Å². The molecular weight excluding hydrogens is 448 g/mol. The van der Waals surface area contributed by atoms with Crippen LogP contribution in [-0.4, -0.2) is 67.4 Å². The van der Waals surface area contributed by atoms with Gasteiger partial charge in [-0.15, -0.1) is 0 Å². The zero-order chi connectivity index (χ0) is 25.0. The lowest BCUT2D eigenvalue weighted by atomic mass is 9.77. The van der Waals surface area contributed by atoms with Gasteiger partial charge in [-0.05, 0) is 41.5 Å². The Morgan fingerprint density at radius 1 is 1.11 bits per heavy atom. The number of carboxylic acids is 1. The van der Waals surface area contributed by atoms with Crippen molar-refractivity contribution in [1.29, 1.82) is 0 Å². The second kappa shape index (κ2) is 10.5. The summed E-state index contributed by atoms with van der Waals surface area (Å²) in [5.74, 6) is -1.35. The van der Waals surface area contributed by atoms with Gasteiger partial charge in [-0.1, -0.05) is 55.5 Å². The number of alkyl carbamates (subject to hydrolysis) is 1. The van der Waals surface area contributed by atoms with Gasteiger partial charge in [0.2, 0.25) is 5.91 Å². The Kier molecular flexibility index (Phi) is 7.40. The number of rotatable bonds is 8. The van der Waals surface area contributed by atoms with E-state index >= 15 is 0 Å². The number of hydrogen-bond donors (Lipinski definition) is 2. The van der Waals surface area contributed by atoms with E-state index in [0.717, 1.165) is 22.3 Å². The van der Waals surface area contributed by atoms with E-state index in [1.165, 1.54) is 12.0 Å². The largest absolute Gasteiger partial charge is 0.481 e. The highest BCUT2D eigenvalue weighted by Crippen LogP contribution is 2.44. The molecule has 2 N–H and O–H groups in total. The first-order chi connectivity index (χ1) is 16.9. The van der Waals surface area contributed by atoms with Crippen molar-refractivity contribution in [3.8, 4) is 11.1 Å². The van der Waals surface area contributed by atoms with Crippen LogP contribution in [0.5, 0.6) is 0 Å². The summed E-state index contributed by atoms with van der Waals surface area (Å²) in [6.45, 7) is 2.48. The number of piperidine rings is 1. The number of hydrogen-bond acceptors (Lipinski definition) is 5. The summed E-state index contributed by atoms with van der Waals surface area (Å²) in [6.07, 6.45) is 0.841. The number of carboxylic acid groups (broad SMARTS) is 1. The van der Waals surface area contributed by atoms with Crippen molar-refractivity contribution in [1.82, 2.24) is 10.2 Å². The summed E-state index contributed by atoms with van der Waals surface area (Å²) >= 11 is 0. The van der Waals surface area contributed by atoms with Crippen molar-refractivity contribution in [2.24, 2.45) is 5.41 Å². The van der Waals surface area contributed by atoms with E-state index in [2.05, 4.69) is 17.4 Å². The Morgan fingerprint density at radius 3 is 2.31 bits per heavy atom. The number of methoxy groups -OCH3 is 1. The summed E-state index contributed by atoms with van der Waals surface area (Å²) < 4.78 is 10.8. The molecule has 1 aliphatic carbocycles. The van der Waals surface area contributed by atoms with Gasteiger partial charge in [0.05, 0.1) is 12.0 Å². The van der Waals surface area contributed by atoms with Crippen LogP contribution in [0.3, 0.4) is 0 Å². The second-order valence-corrected chi connectivity index (χ2v) is 9.28. The molecular formula is C27H32N2O6. The molecule has 2 amide bonds. The average Bonchev–Trinajstić information content (AvgIpc) is 3.20. The van der Waals surface area contributed by atoms with Gasteiger partial charge in [0.1, 0.15) is 12.6 Å². The third-order valence-electron chi connectivity index (χ3n) is 7.29. The van der Waals surface area contributed by atoms with Gasteiger partial charge in [0, 0.05) is 26.1 Å². The molecule has 0 radical (unpaired) electrons. The summed E-state index contributed by atoms with van der Waals surface area (Å²) in [6, 6.07) is 15.2. The zero-order valence-electron chi connectivity index (χ0n) is 20.2. The fourth-order valence-corrected chi connectivity index (χ4v) is 5.28. The lowest BCUT2D eigenvalue weighted by Crippen LogP contribution is -2.56. The summed E-state index contributed by atoms with van der Waals surface area (Å²) in [7, 11) is 1.45. The van der Waals surface area contributed by atoms with Gasteiger partial charge in [0.25, 0.3) is 0 Å². The first-order valence-electron chi connectivity index (χ1n) is 12.0. The molecule has 1 unspecified atom stereocenters. The smallest absolute Gasteiger partial charge is 0.407 e. The van der Waals surface area contributed by atoms with E-state index in [9.17, 15) is 19.5 Å². The second-order valence-electron chi connectivity index (χ2n) is 9.28. The molecule has 8 heteroatoms. The van der Waals surface area contributed by atoms with E-state index < -0.39 is 23.5 Å². The maximum absolute atomic E-state index is 13.2. The number of amides is 2. The van der Waals surface area contributed by atoms with Crippen molar-refractivity contribution in [3.63, 3.8) is 0 Å². The van der Waals surface area contributed by atoms with Crippen LogP contribution in [0.25, 0.3) is 11.1 Å². The molecule has 0 saturated carbocycles. The maximum Gasteiger partial charge on any atom is 0.407 e. The van der Waals surface area contributed by atoms with Crippen molar-refractivity contribution in [2.75, 3.05) is 33.4 Å². The van der Waals surface area contributed by atoms with Crippen LogP contribution in [0.1, 0.15) is 43.2 Å². The van der Waals surface area contributed by atoms with Crippen molar-refractivity contribution < 1.29 is 29.0 Å². The molecule has 2 atom stereocenters.